The summed E-state index contributed by atoms with van der Waals surface area (Å²) >= 11 is 1.74. The van der Waals surface area contributed by atoms with Gasteiger partial charge < -0.3 is 9.47 Å². The molecule has 0 bridgehead atoms. The molecule has 3 rings (SSSR count). The largest absolute Gasteiger partial charge is 0.496 e. The van der Waals surface area contributed by atoms with Crippen molar-refractivity contribution < 1.29 is 19.1 Å². The highest BCUT2D eigenvalue weighted by Gasteiger charge is 2.57. The number of hydrogen-bond donors (Lipinski definition) is 0. The summed E-state index contributed by atoms with van der Waals surface area (Å²) in [5, 5.41) is 0. The molecule has 0 aliphatic heterocycles. The number of methoxy groups -OCH3 is 1. The Kier molecular flexibility index (Phi) is 6.22. The Morgan fingerprint density at radius 2 is 1.74 bits per heavy atom. The monoisotopic (exact) mass is 384 g/mol. The molecule has 0 saturated heterocycles. The second kappa shape index (κ2) is 8.61. The van der Waals surface area contributed by atoms with E-state index in [1.54, 1.807) is 30.0 Å². The lowest BCUT2D eigenvalue weighted by molar-refractivity contribution is -0.161. The summed E-state index contributed by atoms with van der Waals surface area (Å²) < 4.78 is 10.9. The second-order valence-corrected chi connectivity index (χ2v) is 7.81. The van der Waals surface area contributed by atoms with Crippen LogP contribution in [0.2, 0.25) is 0 Å². The molecular formula is C22H24O4S. The molecule has 2 aromatic carbocycles. The van der Waals surface area contributed by atoms with Crippen molar-refractivity contribution in [2.75, 3.05) is 19.1 Å². The van der Waals surface area contributed by atoms with Gasteiger partial charge in [-0.2, -0.15) is 11.8 Å². The Bertz CT molecular complexity index is 797. The molecule has 0 heterocycles. The summed E-state index contributed by atoms with van der Waals surface area (Å²) in [6.45, 7) is 0.174. The van der Waals surface area contributed by atoms with Crippen LogP contribution in [0.5, 0.6) is 5.75 Å². The fourth-order valence-corrected chi connectivity index (χ4v) is 4.38. The molecule has 1 saturated carbocycles. The lowest BCUT2D eigenvalue weighted by Crippen LogP contribution is -2.51. The van der Waals surface area contributed by atoms with Crippen molar-refractivity contribution in [3.63, 3.8) is 0 Å². The first-order valence-electron chi connectivity index (χ1n) is 8.98. The molecule has 1 aliphatic rings. The molecule has 4 nitrogen and oxygen atoms in total. The van der Waals surface area contributed by atoms with E-state index >= 15 is 0 Å². The average molecular weight is 384 g/mol. The minimum absolute atomic E-state index is 0.174. The van der Waals surface area contributed by atoms with Gasteiger partial charge >= 0.3 is 5.97 Å². The minimum Gasteiger partial charge on any atom is -0.496 e. The van der Waals surface area contributed by atoms with E-state index in [2.05, 4.69) is 0 Å². The Labute approximate surface area is 164 Å². The Morgan fingerprint density at radius 1 is 1.07 bits per heavy atom. The molecule has 0 aromatic heterocycles. The summed E-state index contributed by atoms with van der Waals surface area (Å²) in [6, 6.07) is 16.6. The lowest BCUT2D eigenvalue weighted by atomic mass is 9.59. The van der Waals surface area contributed by atoms with Gasteiger partial charge in [-0.25, -0.2) is 0 Å². The quantitative estimate of drug-likeness (QED) is 0.384. The predicted molar refractivity (Wildman–Crippen MR) is 107 cm³/mol. The van der Waals surface area contributed by atoms with E-state index in [9.17, 15) is 9.59 Å². The van der Waals surface area contributed by atoms with Gasteiger partial charge in [0, 0.05) is 0 Å². The maximum atomic E-state index is 13.3. The summed E-state index contributed by atoms with van der Waals surface area (Å²) in [6.07, 6.45) is 3.09. The van der Waals surface area contributed by atoms with E-state index in [1.165, 1.54) is 7.11 Å². The zero-order chi connectivity index (χ0) is 19.3. The van der Waals surface area contributed by atoms with Crippen LogP contribution < -0.4 is 4.74 Å². The average Bonchev–Trinajstić information content (AvgIpc) is 2.68. The second-order valence-electron chi connectivity index (χ2n) is 6.90. The first-order chi connectivity index (χ1) is 13.1. The highest BCUT2D eigenvalue weighted by atomic mass is 32.2. The molecule has 0 N–H and O–H groups in total. The van der Waals surface area contributed by atoms with Crippen molar-refractivity contribution in [2.24, 2.45) is 11.3 Å². The molecule has 0 atom stereocenters. The van der Waals surface area contributed by atoms with Crippen LogP contribution in [0.25, 0.3) is 0 Å². The minimum atomic E-state index is -1.11. The van der Waals surface area contributed by atoms with Crippen molar-refractivity contribution in [1.82, 2.24) is 0 Å². The van der Waals surface area contributed by atoms with E-state index in [0.717, 1.165) is 11.3 Å². The summed E-state index contributed by atoms with van der Waals surface area (Å²) in [4.78, 5) is 26.3. The van der Waals surface area contributed by atoms with Crippen LogP contribution in [-0.2, 0) is 16.1 Å². The summed E-state index contributed by atoms with van der Waals surface area (Å²) in [5.74, 6) is 1.15. The highest BCUT2D eigenvalue weighted by Crippen LogP contribution is 2.50. The number of carbonyl (C=O) groups excluding carboxylic acids is 2. The Morgan fingerprint density at radius 3 is 2.41 bits per heavy atom. The van der Waals surface area contributed by atoms with Gasteiger partial charge in [0.15, 0.2) is 5.78 Å². The van der Waals surface area contributed by atoms with Crippen LogP contribution >= 0.6 is 11.8 Å². The van der Waals surface area contributed by atoms with Crippen molar-refractivity contribution in [3.8, 4) is 5.75 Å². The van der Waals surface area contributed by atoms with Crippen LogP contribution in [0.3, 0.4) is 0 Å². The fourth-order valence-electron chi connectivity index (χ4n) is 3.68. The molecule has 1 fully saturated rings. The smallest absolute Gasteiger partial charge is 0.320 e. The van der Waals surface area contributed by atoms with Gasteiger partial charge in [-0.1, -0.05) is 42.5 Å². The first kappa shape index (κ1) is 19.5. The maximum Gasteiger partial charge on any atom is 0.320 e. The van der Waals surface area contributed by atoms with Gasteiger partial charge in [0.1, 0.15) is 17.8 Å². The maximum absolute atomic E-state index is 13.3. The zero-order valence-corrected chi connectivity index (χ0v) is 16.5. The molecule has 0 unspecified atom stereocenters. The van der Waals surface area contributed by atoms with Crippen LogP contribution in [-0.4, -0.2) is 30.9 Å². The molecule has 142 valence electrons. The van der Waals surface area contributed by atoms with Gasteiger partial charge in [-0.05, 0) is 48.5 Å². The van der Waals surface area contributed by atoms with Gasteiger partial charge in [0.05, 0.1) is 12.7 Å². The SMILES string of the molecule is COc1ccccc1C(=O)C1(C(=O)OCc2ccccc2)CC(CSC)C1. The van der Waals surface area contributed by atoms with Crippen LogP contribution in [0.4, 0.5) is 0 Å². The third kappa shape index (κ3) is 4.03. The number of thioether (sulfide) groups is 1. The zero-order valence-electron chi connectivity index (χ0n) is 15.6. The van der Waals surface area contributed by atoms with E-state index < -0.39 is 11.4 Å². The topological polar surface area (TPSA) is 52.6 Å². The van der Waals surface area contributed by atoms with Crippen molar-refractivity contribution in [2.45, 2.75) is 19.4 Å². The number of Topliss-reactive ketones (excluding diaryl/α,β-unsaturated/α-hetero) is 1. The number of hydrogen-bond acceptors (Lipinski definition) is 5. The number of benzene rings is 2. The lowest BCUT2D eigenvalue weighted by Gasteiger charge is -2.44. The third-order valence-electron chi connectivity index (χ3n) is 5.07. The number of ether oxygens (including phenoxy) is 2. The highest BCUT2D eigenvalue weighted by molar-refractivity contribution is 7.98. The Balaban J connectivity index is 1.81. The third-order valence-corrected chi connectivity index (χ3v) is 5.87. The standard InChI is InChI=1S/C22H24O4S/c1-25-19-11-7-6-10-18(19)20(23)22(12-17(13-22)15-27-2)21(24)26-14-16-8-4-3-5-9-16/h3-11,17H,12-15H2,1-2H3. The molecule has 27 heavy (non-hydrogen) atoms. The van der Waals surface area contributed by atoms with Crippen LogP contribution in [0.1, 0.15) is 28.8 Å². The van der Waals surface area contributed by atoms with E-state index in [4.69, 9.17) is 9.47 Å². The van der Waals surface area contributed by atoms with Crippen LogP contribution in [0, 0.1) is 11.3 Å². The van der Waals surface area contributed by atoms with Gasteiger partial charge in [-0.3, -0.25) is 9.59 Å². The molecule has 5 heteroatoms. The number of rotatable bonds is 8. The fraction of sp³-hybridized carbons (Fsp3) is 0.364. The van der Waals surface area contributed by atoms with Crippen molar-refractivity contribution >= 4 is 23.5 Å². The van der Waals surface area contributed by atoms with Crippen molar-refractivity contribution in [1.29, 1.82) is 0 Å². The Hall–Kier alpha value is -2.27. The normalized spacial score (nSPS) is 21.2. The van der Waals surface area contributed by atoms with Crippen molar-refractivity contribution in [3.05, 3.63) is 65.7 Å². The predicted octanol–water partition coefficient (Wildman–Crippen LogP) is 4.38. The first-order valence-corrected chi connectivity index (χ1v) is 10.4. The molecule has 0 radical (unpaired) electrons. The number of esters is 1. The van der Waals surface area contributed by atoms with E-state index in [1.807, 2.05) is 42.7 Å². The van der Waals surface area contributed by atoms with Crippen LogP contribution in [0.15, 0.2) is 54.6 Å². The van der Waals surface area contributed by atoms with Gasteiger partial charge in [0.25, 0.3) is 0 Å². The van der Waals surface area contributed by atoms with Gasteiger partial charge in [0.2, 0.25) is 0 Å². The molecular weight excluding hydrogens is 360 g/mol. The number of carbonyl (C=O) groups is 2. The number of para-hydroxylation sites is 1. The van der Waals surface area contributed by atoms with Gasteiger partial charge in [-0.15, -0.1) is 0 Å². The molecule has 2 aromatic rings. The summed E-state index contributed by atoms with van der Waals surface area (Å²) in [5.41, 5.74) is 0.245. The van der Waals surface area contributed by atoms with E-state index in [-0.39, 0.29) is 12.4 Å². The molecule has 1 aliphatic carbocycles. The number of ketones is 1. The van der Waals surface area contributed by atoms with E-state index in [0.29, 0.717) is 30.1 Å². The molecule has 0 amide bonds. The molecule has 0 spiro atoms. The summed E-state index contributed by atoms with van der Waals surface area (Å²) in [7, 11) is 1.53.